The molecule has 0 radical (unpaired) electrons. The monoisotopic (exact) mass is 333 g/mol. The molecule has 0 amide bonds. The van der Waals surface area contributed by atoms with E-state index in [1.54, 1.807) is 19.1 Å². The molecule has 2 rings (SSSR count). The van der Waals surface area contributed by atoms with Gasteiger partial charge in [-0.1, -0.05) is 23.7 Å². The van der Waals surface area contributed by atoms with Crippen LogP contribution < -0.4 is 0 Å². The van der Waals surface area contributed by atoms with Gasteiger partial charge in [-0.15, -0.1) is 0 Å². The molecule has 0 spiro atoms. The molecule has 0 unspecified atom stereocenters. The SMILES string of the molecule is CCOC(=O)Cc1c(C)[nH]c(C(=O)c2ccc(C)c(Cl)c2)c1C. The predicted molar refractivity (Wildman–Crippen MR) is 90.2 cm³/mol. The number of nitrogens with one attached hydrogen (secondary N) is 1. The zero-order valence-electron chi connectivity index (χ0n) is 13.7. The van der Waals surface area contributed by atoms with Crippen LogP contribution >= 0.6 is 11.6 Å². The number of hydrogen-bond acceptors (Lipinski definition) is 3. The van der Waals surface area contributed by atoms with E-state index < -0.39 is 0 Å². The van der Waals surface area contributed by atoms with Gasteiger partial charge in [0.1, 0.15) is 0 Å². The first-order valence-electron chi connectivity index (χ1n) is 7.49. The van der Waals surface area contributed by atoms with Crippen molar-refractivity contribution in [3.63, 3.8) is 0 Å². The van der Waals surface area contributed by atoms with Crippen molar-refractivity contribution >= 4 is 23.4 Å². The first kappa shape index (κ1) is 17.3. The highest BCUT2D eigenvalue weighted by atomic mass is 35.5. The van der Waals surface area contributed by atoms with Crippen LogP contribution in [0.3, 0.4) is 0 Å². The van der Waals surface area contributed by atoms with Crippen LogP contribution in [0.4, 0.5) is 0 Å². The second-order valence-corrected chi connectivity index (χ2v) is 5.91. The summed E-state index contributed by atoms with van der Waals surface area (Å²) in [5.41, 5.74) is 4.32. The highest BCUT2D eigenvalue weighted by molar-refractivity contribution is 6.31. The lowest BCUT2D eigenvalue weighted by Crippen LogP contribution is -2.09. The molecule has 0 atom stereocenters. The summed E-state index contributed by atoms with van der Waals surface area (Å²) in [6.07, 6.45) is 0.157. The Bertz CT molecular complexity index is 762. The largest absolute Gasteiger partial charge is 0.466 e. The molecular formula is C18H20ClNO3. The number of aromatic nitrogens is 1. The van der Waals surface area contributed by atoms with Gasteiger partial charge in [-0.05, 0) is 50.5 Å². The number of benzene rings is 1. The average Bonchev–Trinajstić information content (AvgIpc) is 2.77. The maximum Gasteiger partial charge on any atom is 0.310 e. The van der Waals surface area contributed by atoms with Gasteiger partial charge in [0.05, 0.1) is 18.7 Å². The van der Waals surface area contributed by atoms with E-state index >= 15 is 0 Å². The van der Waals surface area contributed by atoms with Crippen LogP contribution in [0.2, 0.25) is 5.02 Å². The van der Waals surface area contributed by atoms with E-state index in [1.165, 1.54) is 0 Å². The third kappa shape index (κ3) is 3.64. The molecule has 0 bridgehead atoms. The Kier molecular flexibility index (Phi) is 5.26. The van der Waals surface area contributed by atoms with E-state index in [0.717, 1.165) is 22.4 Å². The van der Waals surface area contributed by atoms with E-state index in [4.69, 9.17) is 16.3 Å². The van der Waals surface area contributed by atoms with Crippen molar-refractivity contribution in [1.29, 1.82) is 0 Å². The van der Waals surface area contributed by atoms with Crippen molar-refractivity contribution in [1.82, 2.24) is 4.98 Å². The van der Waals surface area contributed by atoms with Crippen molar-refractivity contribution < 1.29 is 14.3 Å². The third-order valence-electron chi connectivity index (χ3n) is 3.88. The van der Waals surface area contributed by atoms with Crippen molar-refractivity contribution in [3.8, 4) is 0 Å². The number of aromatic amines is 1. The second-order valence-electron chi connectivity index (χ2n) is 5.50. The van der Waals surface area contributed by atoms with Crippen LogP contribution in [0.25, 0.3) is 0 Å². The van der Waals surface area contributed by atoms with Crippen LogP contribution in [0.5, 0.6) is 0 Å². The predicted octanol–water partition coefficient (Wildman–Crippen LogP) is 3.93. The minimum absolute atomic E-state index is 0.136. The second kappa shape index (κ2) is 7.01. The fraction of sp³-hybridized carbons (Fsp3) is 0.333. The number of ketones is 1. The number of H-pyrrole nitrogens is 1. The normalized spacial score (nSPS) is 10.7. The van der Waals surface area contributed by atoms with Crippen LogP contribution in [0, 0.1) is 20.8 Å². The number of hydrogen-bond donors (Lipinski definition) is 1. The molecular weight excluding hydrogens is 314 g/mol. The Morgan fingerprint density at radius 3 is 2.52 bits per heavy atom. The number of halogens is 1. The Labute approximate surface area is 140 Å². The van der Waals surface area contributed by atoms with Crippen LogP contribution in [0.15, 0.2) is 18.2 Å². The van der Waals surface area contributed by atoms with E-state index in [9.17, 15) is 9.59 Å². The first-order chi connectivity index (χ1) is 10.8. The summed E-state index contributed by atoms with van der Waals surface area (Å²) in [7, 11) is 0. The number of carbonyl (C=O) groups excluding carboxylic acids is 2. The molecule has 4 nitrogen and oxygen atoms in total. The maximum absolute atomic E-state index is 12.7. The summed E-state index contributed by atoms with van der Waals surface area (Å²) >= 11 is 6.10. The molecule has 1 aromatic carbocycles. The minimum atomic E-state index is -0.296. The smallest absolute Gasteiger partial charge is 0.310 e. The summed E-state index contributed by atoms with van der Waals surface area (Å²) in [4.78, 5) is 27.5. The van der Waals surface area contributed by atoms with E-state index in [-0.39, 0.29) is 18.2 Å². The Morgan fingerprint density at radius 1 is 1.22 bits per heavy atom. The van der Waals surface area contributed by atoms with Gasteiger partial charge in [-0.25, -0.2) is 0 Å². The summed E-state index contributed by atoms with van der Waals surface area (Å²) in [6, 6.07) is 5.24. The molecule has 0 aliphatic carbocycles. The van der Waals surface area contributed by atoms with Gasteiger partial charge in [-0.3, -0.25) is 9.59 Å². The lowest BCUT2D eigenvalue weighted by atomic mass is 10.0. The Hall–Kier alpha value is -2.07. The topological polar surface area (TPSA) is 59.2 Å². The summed E-state index contributed by atoms with van der Waals surface area (Å²) in [5, 5.41) is 0.559. The van der Waals surface area contributed by atoms with Crippen molar-refractivity contribution in [2.24, 2.45) is 0 Å². The molecule has 5 heteroatoms. The average molecular weight is 334 g/mol. The highest BCUT2D eigenvalue weighted by Crippen LogP contribution is 2.24. The van der Waals surface area contributed by atoms with Gasteiger partial charge < -0.3 is 9.72 Å². The van der Waals surface area contributed by atoms with E-state index in [1.807, 2.05) is 26.8 Å². The van der Waals surface area contributed by atoms with Gasteiger partial charge in [0.2, 0.25) is 5.78 Å². The molecule has 1 N–H and O–H groups in total. The molecule has 0 aliphatic heterocycles. The number of aryl methyl sites for hydroxylation is 2. The van der Waals surface area contributed by atoms with Crippen LogP contribution in [-0.2, 0) is 16.0 Å². The number of esters is 1. The summed E-state index contributed by atoms with van der Waals surface area (Å²) < 4.78 is 4.98. The molecule has 1 heterocycles. The Balaban J connectivity index is 2.35. The van der Waals surface area contributed by atoms with Crippen molar-refractivity contribution in [2.75, 3.05) is 6.61 Å². The molecule has 0 saturated carbocycles. The standard InChI is InChI=1S/C18H20ClNO3/c1-5-23-16(21)9-14-11(3)17(20-12(14)4)18(22)13-7-6-10(2)15(19)8-13/h6-8,20H,5,9H2,1-4H3. The fourth-order valence-corrected chi connectivity index (χ4v) is 2.70. The summed E-state index contributed by atoms with van der Waals surface area (Å²) in [6.45, 7) is 7.68. The van der Waals surface area contributed by atoms with Gasteiger partial charge in [0.25, 0.3) is 0 Å². The Morgan fingerprint density at radius 2 is 1.91 bits per heavy atom. The van der Waals surface area contributed by atoms with Gasteiger partial charge in [0, 0.05) is 16.3 Å². The quantitative estimate of drug-likeness (QED) is 0.666. The molecule has 0 fully saturated rings. The molecule has 1 aromatic heterocycles. The summed E-state index contributed by atoms with van der Waals surface area (Å²) in [5.74, 6) is -0.433. The van der Waals surface area contributed by atoms with Crippen LogP contribution in [0.1, 0.15) is 45.4 Å². The first-order valence-corrected chi connectivity index (χ1v) is 7.87. The van der Waals surface area contributed by atoms with E-state index in [0.29, 0.717) is 22.9 Å². The lowest BCUT2D eigenvalue weighted by Gasteiger charge is -2.05. The highest BCUT2D eigenvalue weighted by Gasteiger charge is 2.21. The lowest BCUT2D eigenvalue weighted by molar-refractivity contribution is -0.142. The maximum atomic E-state index is 12.7. The number of carbonyl (C=O) groups is 2. The minimum Gasteiger partial charge on any atom is -0.466 e. The number of rotatable bonds is 5. The zero-order valence-corrected chi connectivity index (χ0v) is 14.5. The van der Waals surface area contributed by atoms with Crippen molar-refractivity contribution in [2.45, 2.75) is 34.1 Å². The van der Waals surface area contributed by atoms with E-state index in [2.05, 4.69) is 4.98 Å². The third-order valence-corrected chi connectivity index (χ3v) is 4.29. The van der Waals surface area contributed by atoms with Crippen LogP contribution in [-0.4, -0.2) is 23.3 Å². The van der Waals surface area contributed by atoms with Crippen molar-refractivity contribution in [3.05, 3.63) is 56.9 Å². The molecule has 0 aliphatic rings. The van der Waals surface area contributed by atoms with Gasteiger partial charge in [0.15, 0.2) is 0 Å². The molecule has 2 aromatic rings. The van der Waals surface area contributed by atoms with Gasteiger partial charge >= 0.3 is 5.97 Å². The molecule has 23 heavy (non-hydrogen) atoms. The molecule has 122 valence electrons. The number of ether oxygens (including phenoxy) is 1. The zero-order chi connectivity index (χ0) is 17.1. The fourth-order valence-electron chi connectivity index (χ4n) is 2.52. The molecule has 0 saturated heterocycles. The van der Waals surface area contributed by atoms with Gasteiger partial charge in [-0.2, -0.15) is 0 Å².